The van der Waals surface area contributed by atoms with Crippen LogP contribution >= 0.6 is 23.2 Å². The third-order valence-electron chi connectivity index (χ3n) is 5.22. The van der Waals surface area contributed by atoms with Gasteiger partial charge >= 0.3 is 0 Å². The average molecular weight is 475 g/mol. The third kappa shape index (κ3) is 4.14. The van der Waals surface area contributed by atoms with Gasteiger partial charge in [-0.2, -0.15) is 0 Å². The summed E-state index contributed by atoms with van der Waals surface area (Å²) < 4.78 is 0. The Morgan fingerprint density at radius 1 is 0.879 bits per heavy atom. The topological polar surface area (TPSA) is 86.9 Å². The molecule has 33 heavy (non-hydrogen) atoms. The smallest absolute Gasteiger partial charge is 0.257 e. The number of fused-ring (bicyclic) bond motifs is 3. The predicted molar refractivity (Wildman–Crippen MR) is 134 cm³/mol. The van der Waals surface area contributed by atoms with Crippen molar-refractivity contribution in [3.8, 4) is 0 Å². The van der Waals surface area contributed by atoms with Crippen LogP contribution in [-0.4, -0.2) is 15.9 Å². The van der Waals surface area contributed by atoms with Crippen LogP contribution in [0.5, 0.6) is 0 Å². The summed E-state index contributed by atoms with van der Waals surface area (Å²) in [7, 11) is 0. The number of amides is 1. The molecule has 0 aliphatic heterocycles. The molecule has 2 heterocycles. The second kappa shape index (κ2) is 8.58. The number of anilines is 3. The van der Waals surface area contributed by atoms with Gasteiger partial charge in [-0.25, -0.2) is 4.98 Å². The lowest BCUT2D eigenvalue weighted by atomic mass is 10.1. The number of aromatic nitrogens is 2. The SMILES string of the molecule is O=C(Nc1ccc(Nc2ccnc3[nH]c(=O)c4ccccc4c23)cc1)c1ccc(Cl)cc1Cl. The molecule has 0 unspecified atom stereocenters. The van der Waals surface area contributed by atoms with Crippen LogP contribution in [0, 0.1) is 0 Å². The van der Waals surface area contributed by atoms with Crippen LogP contribution < -0.4 is 16.2 Å². The van der Waals surface area contributed by atoms with E-state index in [4.69, 9.17) is 23.2 Å². The number of rotatable bonds is 4. The monoisotopic (exact) mass is 474 g/mol. The van der Waals surface area contributed by atoms with Crippen molar-refractivity contribution in [1.29, 1.82) is 0 Å². The molecule has 6 nitrogen and oxygen atoms in total. The summed E-state index contributed by atoms with van der Waals surface area (Å²) in [6, 6.07) is 21.3. The number of benzene rings is 3. The molecule has 1 amide bonds. The Labute approximate surface area is 198 Å². The fourth-order valence-electron chi connectivity index (χ4n) is 3.67. The zero-order valence-electron chi connectivity index (χ0n) is 17.0. The lowest BCUT2D eigenvalue weighted by Crippen LogP contribution is -2.12. The quantitative estimate of drug-likeness (QED) is 0.263. The molecule has 3 N–H and O–H groups in total. The summed E-state index contributed by atoms with van der Waals surface area (Å²) in [6.07, 6.45) is 1.64. The normalized spacial score (nSPS) is 11.0. The van der Waals surface area contributed by atoms with Crippen LogP contribution in [0.4, 0.5) is 17.1 Å². The van der Waals surface area contributed by atoms with Crippen LogP contribution in [0.2, 0.25) is 10.0 Å². The highest BCUT2D eigenvalue weighted by molar-refractivity contribution is 6.37. The van der Waals surface area contributed by atoms with Gasteiger partial charge in [0.05, 0.1) is 16.3 Å². The Morgan fingerprint density at radius 2 is 1.61 bits per heavy atom. The van der Waals surface area contributed by atoms with Crippen molar-refractivity contribution in [3.63, 3.8) is 0 Å². The Morgan fingerprint density at radius 3 is 2.36 bits per heavy atom. The van der Waals surface area contributed by atoms with Gasteiger partial charge in [-0.05, 0) is 54.6 Å². The predicted octanol–water partition coefficient (Wildman–Crippen LogP) is 6.38. The first kappa shape index (κ1) is 21.0. The third-order valence-corrected chi connectivity index (χ3v) is 5.77. The minimum absolute atomic E-state index is 0.177. The summed E-state index contributed by atoms with van der Waals surface area (Å²) in [4.78, 5) is 32.1. The first-order chi connectivity index (χ1) is 16.0. The number of H-pyrrole nitrogens is 1. The van der Waals surface area contributed by atoms with Crippen molar-refractivity contribution < 1.29 is 4.79 Å². The summed E-state index contributed by atoms with van der Waals surface area (Å²) in [5, 5.41) is 9.19. The fourth-order valence-corrected chi connectivity index (χ4v) is 4.17. The van der Waals surface area contributed by atoms with Gasteiger partial charge in [-0.1, -0.05) is 41.4 Å². The lowest BCUT2D eigenvalue weighted by Gasteiger charge is -2.12. The van der Waals surface area contributed by atoms with E-state index in [1.54, 1.807) is 36.5 Å². The van der Waals surface area contributed by atoms with Gasteiger partial charge in [-0.15, -0.1) is 0 Å². The van der Waals surface area contributed by atoms with E-state index in [-0.39, 0.29) is 16.5 Å². The Hall–Kier alpha value is -3.87. The minimum atomic E-state index is -0.326. The number of halogens is 2. The number of nitrogens with one attached hydrogen (secondary N) is 3. The Balaban J connectivity index is 1.42. The van der Waals surface area contributed by atoms with Gasteiger partial charge in [0.25, 0.3) is 11.5 Å². The molecule has 0 saturated heterocycles. The van der Waals surface area contributed by atoms with Crippen LogP contribution in [-0.2, 0) is 0 Å². The lowest BCUT2D eigenvalue weighted by molar-refractivity contribution is 0.102. The van der Waals surface area contributed by atoms with Crippen LogP contribution in [0.3, 0.4) is 0 Å². The van der Waals surface area contributed by atoms with Gasteiger partial charge < -0.3 is 15.6 Å². The minimum Gasteiger partial charge on any atom is -0.355 e. The molecule has 0 aliphatic carbocycles. The number of nitrogens with zero attached hydrogens (tertiary/aromatic N) is 1. The van der Waals surface area contributed by atoms with Crippen molar-refractivity contribution in [2.24, 2.45) is 0 Å². The molecule has 0 saturated carbocycles. The van der Waals surface area contributed by atoms with Crippen molar-refractivity contribution in [2.75, 3.05) is 10.6 Å². The zero-order chi connectivity index (χ0) is 22.9. The first-order valence-corrected chi connectivity index (χ1v) is 10.8. The van der Waals surface area contributed by atoms with E-state index in [2.05, 4.69) is 20.6 Å². The van der Waals surface area contributed by atoms with Crippen LogP contribution in [0.15, 0.2) is 83.8 Å². The van der Waals surface area contributed by atoms with Crippen LogP contribution in [0.25, 0.3) is 21.8 Å². The second-order valence-electron chi connectivity index (χ2n) is 7.36. The van der Waals surface area contributed by atoms with Gasteiger partial charge in [0.2, 0.25) is 0 Å². The highest BCUT2D eigenvalue weighted by Gasteiger charge is 2.12. The van der Waals surface area contributed by atoms with Crippen LogP contribution in [0.1, 0.15) is 10.4 Å². The van der Waals surface area contributed by atoms with Gasteiger partial charge in [-0.3, -0.25) is 9.59 Å². The van der Waals surface area contributed by atoms with E-state index in [1.165, 1.54) is 6.07 Å². The molecular weight excluding hydrogens is 459 g/mol. The summed E-state index contributed by atoms with van der Waals surface area (Å²) >= 11 is 12.0. The molecule has 0 radical (unpaired) electrons. The zero-order valence-corrected chi connectivity index (χ0v) is 18.5. The molecule has 0 bridgehead atoms. The molecule has 8 heteroatoms. The molecule has 0 spiro atoms. The maximum Gasteiger partial charge on any atom is 0.257 e. The summed E-state index contributed by atoms with van der Waals surface area (Å²) in [5.74, 6) is -0.326. The maximum atomic E-state index is 12.5. The molecule has 5 rings (SSSR count). The Kier molecular flexibility index (Phi) is 5.46. The fraction of sp³-hybridized carbons (Fsp3) is 0. The average Bonchev–Trinajstić information content (AvgIpc) is 2.80. The molecule has 0 aliphatic rings. The van der Waals surface area contributed by atoms with Gasteiger partial charge in [0.15, 0.2) is 0 Å². The van der Waals surface area contributed by atoms with E-state index in [0.717, 1.165) is 22.1 Å². The molecule has 162 valence electrons. The van der Waals surface area contributed by atoms with E-state index in [0.29, 0.717) is 27.3 Å². The highest BCUT2D eigenvalue weighted by Crippen LogP contribution is 2.30. The number of hydrogen-bond donors (Lipinski definition) is 3. The van der Waals surface area contributed by atoms with Gasteiger partial charge in [0.1, 0.15) is 5.65 Å². The largest absolute Gasteiger partial charge is 0.355 e. The van der Waals surface area contributed by atoms with Crippen molar-refractivity contribution >= 4 is 68.0 Å². The van der Waals surface area contributed by atoms with E-state index in [1.807, 2.05) is 36.4 Å². The Bertz CT molecular complexity index is 1580. The molecular formula is C25H16Cl2N4O2. The van der Waals surface area contributed by atoms with Crippen molar-refractivity contribution in [1.82, 2.24) is 9.97 Å². The summed E-state index contributed by atoms with van der Waals surface area (Å²) in [6.45, 7) is 0. The standard InChI is InChI=1S/C25H16Cl2N4O2/c26-14-5-10-19(20(27)13-14)25(33)30-16-8-6-15(7-9-16)29-21-11-12-28-23-22(21)17-3-1-2-4-18(17)24(32)31-23/h1-13H,(H,30,33)(H2,28,29,31,32). The van der Waals surface area contributed by atoms with E-state index < -0.39 is 0 Å². The first-order valence-electron chi connectivity index (χ1n) is 10.0. The van der Waals surface area contributed by atoms with Crippen molar-refractivity contribution in [3.05, 3.63) is 105 Å². The second-order valence-corrected chi connectivity index (χ2v) is 8.21. The van der Waals surface area contributed by atoms with E-state index >= 15 is 0 Å². The molecule has 5 aromatic rings. The molecule has 3 aromatic carbocycles. The van der Waals surface area contributed by atoms with Crippen molar-refractivity contribution in [2.45, 2.75) is 0 Å². The van der Waals surface area contributed by atoms with Gasteiger partial charge in [0, 0.05) is 38.8 Å². The number of aromatic amines is 1. The number of carbonyl (C=O) groups is 1. The molecule has 0 atom stereocenters. The van der Waals surface area contributed by atoms with E-state index in [9.17, 15) is 9.59 Å². The number of carbonyl (C=O) groups excluding carboxylic acids is 1. The molecule has 2 aromatic heterocycles. The number of hydrogen-bond acceptors (Lipinski definition) is 4. The summed E-state index contributed by atoms with van der Waals surface area (Å²) in [5.41, 5.74) is 2.90. The highest BCUT2D eigenvalue weighted by atomic mass is 35.5. The maximum absolute atomic E-state index is 12.5. The number of pyridine rings is 2. The molecule has 0 fully saturated rings.